The molecule has 31 heavy (non-hydrogen) atoms. The Kier molecular flexibility index (Phi) is 5.40. The second-order valence-corrected chi connectivity index (χ2v) is 8.04. The number of benzene rings is 2. The highest BCUT2D eigenvalue weighted by Crippen LogP contribution is 2.25. The van der Waals surface area contributed by atoms with Crippen LogP contribution >= 0.6 is 0 Å². The number of hydrogen-bond acceptors (Lipinski definition) is 6. The Hall–Kier alpha value is -3.22. The van der Waals surface area contributed by atoms with Crippen molar-refractivity contribution in [2.24, 2.45) is 0 Å². The summed E-state index contributed by atoms with van der Waals surface area (Å²) in [5, 5.41) is 2.62. The Morgan fingerprint density at radius 3 is 2.65 bits per heavy atom. The van der Waals surface area contributed by atoms with Crippen LogP contribution in [-0.4, -0.2) is 61.2 Å². The molecule has 0 aliphatic carbocycles. The molecule has 0 N–H and O–H groups in total. The first-order chi connectivity index (χ1) is 15.2. The van der Waals surface area contributed by atoms with E-state index in [9.17, 15) is 4.79 Å². The van der Waals surface area contributed by atoms with Crippen LogP contribution in [0.5, 0.6) is 5.75 Å². The van der Waals surface area contributed by atoms with E-state index in [1.165, 1.54) is 6.07 Å². The van der Waals surface area contributed by atoms with E-state index in [4.69, 9.17) is 9.15 Å². The Morgan fingerprint density at radius 2 is 1.81 bits per heavy atom. The first-order valence-electron chi connectivity index (χ1n) is 10.6. The lowest BCUT2D eigenvalue weighted by atomic mass is 10.1. The topological polar surface area (TPSA) is 58.8 Å². The number of aromatic nitrogens is 1. The summed E-state index contributed by atoms with van der Waals surface area (Å²) in [6.07, 6.45) is 1.80. The van der Waals surface area contributed by atoms with Crippen molar-refractivity contribution in [3.63, 3.8) is 0 Å². The van der Waals surface area contributed by atoms with Crippen molar-refractivity contribution in [2.75, 3.05) is 46.4 Å². The molecule has 3 heterocycles. The summed E-state index contributed by atoms with van der Waals surface area (Å²) in [6, 6.07) is 16.8. The average molecular weight is 415 g/mol. The Bertz CT molecular complexity index is 1280. The van der Waals surface area contributed by atoms with Crippen LogP contribution in [0.15, 0.2) is 70.0 Å². The lowest BCUT2D eigenvalue weighted by Crippen LogP contribution is -2.45. The maximum atomic E-state index is 12.8. The van der Waals surface area contributed by atoms with E-state index in [-0.39, 0.29) is 5.43 Å². The van der Waals surface area contributed by atoms with Gasteiger partial charge < -0.3 is 14.1 Å². The Labute approximate surface area is 180 Å². The molecule has 1 saturated heterocycles. The maximum Gasteiger partial charge on any atom is 0.193 e. The predicted octanol–water partition coefficient (Wildman–Crippen LogP) is 3.63. The zero-order chi connectivity index (χ0) is 21.2. The van der Waals surface area contributed by atoms with E-state index < -0.39 is 0 Å². The average Bonchev–Trinajstić information content (AvgIpc) is 2.80. The summed E-state index contributed by atoms with van der Waals surface area (Å²) in [5.41, 5.74) is 1.07. The Morgan fingerprint density at radius 1 is 1.00 bits per heavy atom. The molecular weight excluding hydrogens is 390 g/mol. The first-order valence-corrected chi connectivity index (χ1v) is 10.6. The van der Waals surface area contributed by atoms with Crippen molar-refractivity contribution in [1.82, 2.24) is 14.8 Å². The van der Waals surface area contributed by atoms with Gasteiger partial charge in [-0.25, -0.2) is 0 Å². The fourth-order valence-electron chi connectivity index (χ4n) is 3.93. The van der Waals surface area contributed by atoms with Crippen molar-refractivity contribution in [2.45, 2.75) is 0 Å². The van der Waals surface area contributed by atoms with Gasteiger partial charge in [0.1, 0.15) is 23.6 Å². The third kappa shape index (κ3) is 4.31. The van der Waals surface area contributed by atoms with Gasteiger partial charge in [0, 0.05) is 50.4 Å². The van der Waals surface area contributed by atoms with Gasteiger partial charge in [0.2, 0.25) is 0 Å². The fourth-order valence-corrected chi connectivity index (χ4v) is 3.93. The van der Waals surface area contributed by atoms with Gasteiger partial charge in [-0.3, -0.25) is 14.7 Å². The molecule has 1 fully saturated rings. The highest BCUT2D eigenvalue weighted by atomic mass is 16.5. The zero-order valence-electron chi connectivity index (χ0n) is 17.6. The third-order valence-corrected chi connectivity index (χ3v) is 5.85. The normalized spacial score (nSPS) is 15.5. The number of likely N-dealkylation sites (N-methyl/N-ethyl adjacent to an activating group) is 1. The molecule has 0 bridgehead atoms. The molecular formula is C25H25N3O3. The minimum absolute atomic E-state index is 0.101. The highest BCUT2D eigenvalue weighted by Gasteiger charge is 2.14. The van der Waals surface area contributed by atoms with Crippen LogP contribution in [0, 0.1) is 0 Å². The van der Waals surface area contributed by atoms with Crippen molar-refractivity contribution in [3.05, 3.63) is 71.0 Å². The molecule has 0 unspecified atom stereocenters. The van der Waals surface area contributed by atoms with Gasteiger partial charge >= 0.3 is 0 Å². The molecule has 0 atom stereocenters. The second kappa shape index (κ2) is 8.49. The van der Waals surface area contributed by atoms with Gasteiger partial charge in [-0.15, -0.1) is 0 Å². The van der Waals surface area contributed by atoms with Gasteiger partial charge in [0.25, 0.3) is 0 Å². The third-order valence-electron chi connectivity index (χ3n) is 5.85. The zero-order valence-corrected chi connectivity index (χ0v) is 17.6. The standard InChI is InChI=1S/C25H25N3O3/c1-27-8-10-28(11-9-27)12-13-30-20-6-7-24-21(15-20)23(29)16-25(31-24)22-14-18-4-2-3-5-19(18)17-26-22/h2-7,14-17H,8-13H2,1H3. The number of pyridine rings is 1. The van der Waals surface area contributed by atoms with Gasteiger partial charge in [0.05, 0.1) is 5.39 Å². The Balaban J connectivity index is 1.34. The largest absolute Gasteiger partial charge is 0.492 e. The lowest BCUT2D eigenvalue weighted by Gasteiger charge is -2.32. The molecule has 1 aliphatic heterocycles. The molecule has 2 aromatic heterocycles. The maximum absolute atomic E-state index is 12.8. The highest BCUT2D eigenvalue weighted by molar-refractivity contribution is 5.85. The van der Waals surface area contributed by atoms with Gasteiger partial charge in [-0.2, -0.15) is 0 Å². The van der Waals surface area contributed by atoms with E-state index in [0.29, 0.717) is 34.8 Å². The summed E-state index contributed by atoms with van der Waals surface area (Å²) in [6.45, 7) is 5.78. The number of ether oxygens (including phenoxy) is 1. The van der Waals surface area contributed by atoms with Crippen LogP contribution in [0.4, 0.5) is 0 Å². The summed E-state index contributed by atoms with van der Waals surface area (Å²) < 4.78 is 11.9. The van der Waals surface area contributed by atoms with E-state index in [0.717, 1.165) is 43.5 Å². The van der Waals surface area contributed by atoms with Crippen LogP contribution in [0.1, 0.15) is 0 Å². The summed E-state index contributed by atoms with van der Waals surface area (Å²) in [5.74, 6) is 1.15. The molecule has 0 saturated carbocycles. The molecule has 5 rings (SSSR count). The molecule has 2 aromatic carbocycles. The molecule has 1 aliphatic rings. The smallest absolute Gasteiger partial charge is 0.193 e. The minimum atomic E-state index is -0.101. The van der Waals surface area contributed by atoms with E-state index in [1.807, 2.05) is 36.4 Å². The van der Waals surface area contributed by atoms with E-state index >= 15 is 0 Å². The van der Waals surface area contributed by atoms with E-state index in [1.54, 1.807) is 18.3 Å². The SMILES string of the molecule is CN1CCN(CCOc2ccc3oc(-c4cc5ccccc5cn4)cc(=O)c3c2)CC1. The van der Waals surface area contributed by atoms with E-state index in [2.05, 4.69) is 21.8 Å². The number of nitrogens with zero attached hydrogens (tertiary/aromatic N) is 3. The summed E-state index contributed by atoms with van der Waals surface area (Å²) >= 11 is 0. The van der Waals surface area contributed by atoms with Crippen molar-refractivity contribution >= 4 is 21.7 Å². The van der Waals surface area contributed by atoms with Gasteiger partial charge in [-0.05, 0) is 36.7 Å². The van der Waals surface area contributed by atoms with Crippen LogP contribution in [0.2, 0.25) is 0 Å². The number of hydrogen-bond donors (Lipinski definition) is 0. The molecule has 4 aromatic rings. The monoisotopic (exact) mass is 415 g/mol. The lowest BCUT2D eigenvalue weighted by molar-refractivity contribution is 0.134. The number of piperazine rings is 1. The van der Waals surface area contributed by atoms with Crippen molar-refractivity contribution in [1.29, 1.82) is 0 Å². The van der Waals surface area contributed by atoms with Gasteiger partial charge in [-0.1, -0.05) is 24.3 Å². The first kappa shape index (κ1) is 19.7. The molecule has 0 amide bonds. The molecule has 0 spiro atoms. The minimum Gasteiger partial charge on any atom is -0.492 e. The van der Waals surface area contributed by atoms with Gasteiger partial charge in [0.15, 0.2) is 11.2 Å². The van der Waals surface area contributed by atoms with Crippen LogP contribution in [0.3, 0.4) is 0 Å². The quantitative estimate of drug-likeness (QED) is 0.496. The van der Waals surface area contributed by atoms with Crippen LogP contribution < -0.4 is 10.2 Å². The molecule has 0 radical (unpaired) electrons. The fraction of sp³-hybridized carbons (Fsp3) is 0.280. The van der Waals surface area contributed by atoms with Crippen molar-refractivity contribution < 1.29 is 9.15 Å². The van der Waals surface area contributed by atoms with Crippen molar-refractivity contribution in [3.8, 4) is 17.2 Å². The van der Waals surface area contributed by atoms with Crippen LogP contribution in [0.25, 0.3) is 33.2 Å². The molecule has 6 heteroatoms. The van der Waals surface area contributed by atoms with Crippen LogP contribution in [-0.2, 0) is 0 Å². The number of fused-ring (bicyclic) bond motifs is 2. The number of rotatable bonds is 5. The molecule has 6 nitrogen and oxygen atoms in total. The molecule has 158 valence electrons. The summed E-state index contributed by atoms with van der Waals surface area (Å²) in [7, 11) is 2.15. The predicted molar refractivity (Wildman–Crippen MR) is 123 cm³/mol. The summed E-state index contributed by atoms with van der Waals surface area (Å²) in [4.78, 5) is 22.0. The second-order valence-electron chi connectivity index (χ2n) is 8.04.